The van der Waals surface area contributed by atoms with Crippen LogP contribution in [0, 0.1) is 10.5 Å². The van der Waals surface area contributed by atoms with Crippen LogP contribution >= 0.6 is 22.6 Å². The molecule has 0 aliphatic heterocycles. The highest BCUT2D eigenvalue weighted by Gasteiger charge is 2.33. The van der Waals surface area contributed by atoms with Gasteiger partial charge in [-0.1, -0.05) is 25.0 Å². The maximum absolute atomic E-state index is 12.5. The van der Waals surface area contributed by atoms with Crippen LogP contribution in [0.1, 0.15) is 41.6 Å². The third-order valence-electron chi connectivity index (χ3n) is 3.83. The topological polar surface area (TPSA) is 40.5 Å². The molecule has 104 valence electrons. The molecule has 4 heteroatoms. The summed E-state index contributed by atoms with van der Waals surface area (Å²) in [7, 11) is 1.77. The predicted molar refractivity (Wildman–Crippen MR) is 84.3 cm³/mol. The monoisotopic (exact) mass is 373 g/mol. The maximum Gasteiger partial charge on any atom is 0.254 e. The highest BCUT2D eigenvalue weighted by atomic mass is 127. The van der Waals surface area contributed by atoms with Gasteiger partial charge in [0.25, 0.3) is 5.91 Å². The molecule has 3 nitrogen and oxygen atoms in total. The number of hydrogen-bond donors (Lipinski definition) is 1. The molecule has 0 aromatic heterocycles. The standard InChI is InChI=1S/C15H20INO2/c1-11-6-5-7-12(13(11)16)14(18)17(2)10-15(19)8-3-4-9-15/h5-7,19H,3-4,8-10H2,1-2H3. The van der Waals surface area contributed by atoms with Crippen LogP contribution in [0.15, 0.2) is 18.2 Å². The van der Waals surface area contributed by atoms with E-state index in [1.807, 2.05) is 25.1 Å². The number of hydrogen-bond acceptors (Lipinski definition) is 2. The molecule has 1 aliphatic rings. The summed E-state index contributed by atoms with van der Waals surface area (Å²) in [4.78, 5) is 14.1. The van der Waals surface area contributed by atoms with Crippen LogP contribution in [0.5, 0.6) is 0 Å². The minimum absolute atomic E-state index is 0.00609. The third kappa shape index (κ3) is 3.28. The smallest absolute Gasteiger partial charge is 0.254 e. The lowest BCUT2D eigenvalue weighted by atomic mass is 10.0. The van der Waals surface area contributed by atoms with Gasteiger partial charge in [-0.15, -0.1) is 0 Å². The molecule has 1 aromatic carbocycles. The van der Waals surface area contributed by atoms with Crippen LogP contribution in [0.4, 0.5) is 0 Å². The number of likely N-dealkylation sites (N-methyl/N-ethyl adjacent to an activating group) is 1. The minimum Gasteiger partial charge on any atom is -0.388 e. The van der Waals surface area contributed by atoms with E-state index >= 15 is 0 Å². The van der Waals surface area contributed by atoms with Crippen molar-refractivity contribution in [2.45, 2.75) is 38.2 Å². The van der Waals surface area contributed by atoms with Crippen molar-refractivity contribution in [3.05, 3.63) is 32.9 Å². The molecule has 0 unspecified atom stereocenters. The number of rotatable bonds is 3. The van der Waals surface area contributed by atoms with Gasteiger partial charge in [0.1, 0.15) is 0 Å². The summed E-state index contributed by atoms with van der Waals surface area (Å²) < 4.78 is 0.996. The fourth-order valence-electron chi connectivity index (χ4n) is 2.72. The molecule has 0 heterocycles. The number of amides is 1. The molecule has 1 fully saturated rings. The predicted octanol–water partition coefficient (Wildman–Crippen LogP) is 2.98. The van der Waals surface area contributed by atoms with Crippen LogP contribution in [0.2, 0.25) is 0 Å². The van der Waals surface area contributed by atoms with Gasteiger partial charge in [0.2, 0.25) is 0 Å². The molecule has 0 saturated heterocycles. The van der Waals surface area contributed by atoms with Crippen molar-refractivity contribution in [1.82, 2.24) is 4.90 Å². The van der Waals surface area contributed by atoms with Crippen LogP contribution in [0.25, 0.3) is 0 Å². The Morgan fingerprint density at radius 1 is 1.42 bits per heavy atom. The highest BCUT2D eigenvalue weighted by Crippen LogP contribution is 2.30. The number of halogens is 1. The van der Waals surface area contributed by atoms with Gasteiger partial charge >= 0.3 is 0 Å². The van der Waals surface area contributed by atoms with E-state index in [9.17, 15) is 9.90 Å². The second-order valence-corrected chi connectivity index (χ2v) is 6.61. The Labute approximate surface area is 128 Å². The van der Waals surface area contributed by atoms with E-state index in [4.69, 9.17) is 0 Å². The van der Waals surface area contributed by atoms with E-state index < -0.39 is 5.60 Å². The fourth-order valence-corrected chi connectivity index (χ4v) is 3.31. The molecule has 19 heavy (non-hydrogen) atoms. The lowest BCUT2D eigenvalue weighted by Gasteiger charge is -2.29. The average molecular weight is 373 g/mol. The molecule has 1 N–H and O–H groups in total. The van der Waals surface area contributed by atoms with Gasteiger partial charge < -0.3 is 10.0 Å². The quantitative estimate of drug-likeness (QED) is 0.828. The van der Waals surface area contributed by atoms with Crippen molar-refractivity contribution in [3.63, 3.8) is 0 Å². The Kier molecular flexibility index (Phi) is 4.50. The fraction of sp³-hybridized carbons (Fsp3) is 0.533. The summed E-state index contributed by atoms with van der Waals surface area (Å²) >= 11 is 2.21. The summed E-state index contributed by atoms with van der Waals surface area (Å²) in [5, 5.41) is 10.4. The van der Waals surface area contributed by atoms with E-state index in [1.165, 1.54) is 0 Å². The summed E-state index contributed by atoms with van der Waals surface area (Å²) in [5.74, 6) is -0.00609. The lowest BCUT2D eigenvalue weighted by molar-refractivity contribution is 0.0156. The van der Waals surface area contributed by atoms with Gasteiger partial charge in [0.15, 0.2) is 0 Å². The van der Waals surface area contributed by atoms with E-state index in [0.717, 1.165) is 40.4 Å². The van der Waals surface area contributed by atoms with Crippen molar-refractivity contribution >= 4 is 28.5 Å². The third-order valence-corrected chi connectivity index (χ3v) is 5.27. The van der Waals surface area contributed by atoms with E-state index in [-0.39, 0.29) is 5.91 Å². The zero-order chi connectivity index (χ0) is 14.0. The largest absolute Gasteiger partial charge is 0.388 e. The number of carbonyl (C=O) groups is 1. The Balaban J connectivity index is 2.12. The second-order valence-electron chi connectivity index (χ2n) is 5.53. The van der Waals surface area contributed by atoms with Gasteiger partial charge in [-0.05, 0) is 54.0 Å². The summed E-state index contributed by atoms with van der Waals surface area (Å²) in [5.41, 5.74) is 1.16. The molecule has 1 aliphatic carbocycles. The van der Waals surface area contributed by atoms with Crippen molar-refractivity contribution < 1.29 is 9.90 Å². The van der Waals surface area contributed by atoms with Crippen molar-refractivity contribution in [3.8, 4) is 0 Å². The Morgan fingerprint density at radius 3 is 2.68 bits per heavy atom. The SMILES string of the molecule is Cc1cccc(C(=O)N(C)CC2(O)CCCC2)c1I. The maximum atomic E-state index is 12.5. The first-order chi connectivity index (χ1) is 8.93. The van der Waals surface area contributed by atoms with Gasteiger partial charge in [-0.25, -0.2) is 0 Å². The first-order valence-electron chi connectivity index (χ1n) is 6.66. The Morgan fingerprint density at radius 2 is 2.05 bits per heavy atom. The molecule has 0 bridgehead atoms. The molecule has 1 saturated carbocycles. The Bertz CT molecular complexity index is 481. The van der Waals surface area contributed by atoms with Crippen LogP contribution < -0.4 is 0 Å². The second kappa shape index (κ2) is 5.79. The molecule has 0 atom stereocenters. The molecule has 1 aromatic rings. The number of aryl methyl sites for hydroxylation is 1. The molecule has 2 rings (SSSR count). The molecule has 1 amide bonds. The molecular formula is C15H20INO2. The normalized spacial score (nSPS) is 17.5. The molecule has 0 radical (unpaired) electrons. The highest BCUT2D eigenvalue weighted by molar-refractivity contribution is 14.1. The summed E-state index contributed by atoms with van der Waals surface area (Å²) in [6, 6.07) is 5.76. The zero-order valence-corrected chi connectivity index (χ0v) is 13.6. The number of benzene rings is 1. The molecular weight excluding hydrogens is 353 g/mol. The van der Waals surface area contributed by atoms with Crippen molar-refractivity contribution in [1.29, 1.82) is 0 Å². The van der Waals surface area contributed by atoms with Gasteiger partial charge in [-0.3, -0.25) is 4.79 Å². The van der Waals surface area contributed by atoms with Gasteiger partial charge in [0, 0.05) is 17.2 Å². The van der Waals surface area contributed by atoms with E-state index in [1.54, 1.807) is 11.9 Å². The first-order valence-corrected chi connectivity index (χ1v) is 7.74. The van der Waals surface area contributed by atoms with E-state index in [0.29, 0.717) is 6.54 Å². The van der Waals surface area contributed by atoms with Crippen LogP contribution in [-0.2, 0) is 0 Å². The molecule has 0 spiro atoms. The first kappa shape index (κ1) is 14.8. The van der Waals surface area contributed by atoms with Crippen molar-refractivity contribution in [2.24, 2.45) is 0 Å². The minimum atomic E-state index is -0.681. The Hall–Kier alpha value is -0.620. The number of aliphatic hydroxyl groups is 1. The lowest BCUT2D eigenvalue weighted by Crippen LogP contribution is -2.42. The summed E-state index contributed by atoms with van der Waals surface area (Å²) in [6.45, 7) is 2.43. The van der Waals surface area contributed by atoms with Crippen LogP contribution in [-0.4, -0.2) is 35.1 Å². The van der Waals surface area contributed by atoms with E-state index in [2.05, 4.69) is 22.6 Å². The summed E-state index contributed by atoms with van der Waals surface area (Å²) in [6.07, 6.45) is 3.71. The zero-order valence-electron chi connectivity index (χ0n) is 11.4. The van der Waals surface area contributed by atoms with Gasteiger partial charge in [0.05, 0.1) is 11.2 Å². The van der Waals surface area contributed by atoms with Gasteiger partial charge in [-0.2, -0.15) is 0 Å². The van der Waals surface area contributed by atoms with Crippen molar-refractivity contribution in [2.75, 3.05) is 13.6 Å². The number of carbonyl (C=O) groups excluding carboxylic acids is 1. The average Bonchev–Trinajstić information content (AvgIpc) is 2.78. The number of nitrogens with zero attached hydrogens (tertiary/aromatic N) is 1. The van der Waals surface area contributed by atoms with Crippen LogP contribution in [0.3, 0.4) is 0 Å².